The van der Waals surface area contributed by atoms with Gasteiger partial charge in [0.05, 0.1) is 3.79 Å². The topological polar surface area (TPSA) is 46.2 Å². The lowest BCUT2D eigenvalue weighted by Gasteiger charge is -2.07. The molecule has 0 fully saturated rings. The van der Waals surface area contributed by atoms with Gasteiger partial charge < -0.3 is 5.32 Å². The molecular formula is C8H12BrNO2S2. The Morgan fingerprint density at radius 3 is 2.57 bits per heavy atom. The largest absolute Gasteiger partial charge is 0.301 e. The fourth-order valence-corrected chi connectivity index (χ4v) is 4.18. The summed E-state index contributed by atoms with van der Waals surface area (Å²) in [6, 6.07) is 3.53. The van der Waals surface area contributed by atoms with E-state index in [9.17, 15) is 8.42 Å². The minimum absolute atomic E-state index is 0.00236. The summed E-state index contributed by atoms with van der Waals surface area (Å²) >= 11 is 4.47. The summed E-state index contributed by atoms with van der Waals surface area (Å²) in [5.41, 5.74) is 0. The molecule has 0 atom stereocenters. The van der Waals surface area contributed by atoms with E-state index in [1.165, 1.54) is 11.3 Å². The van der Waals surface area contributed by atoms with Crippen molar-refractivity contribution in [1.82, 2.24) is 5.32 Å². The van der Waals surface area contributed by atoms with E-state index >= 15 is 0 Å². The highest BCUT2D eigenvalue weighted by atomic mass is 79.9. The molecule has 0 aliphatic rings. The Labute approximate surface area is 96.6 Å². The van der Waals surface area contributed by atoms with Gasteiger partial charge >= 0.3 is 0 Å². The smallest absolute Gasteiger partial charge is 0.200 e. The Bertz CT molecular complexity index is 397. The molecule has 0 radical (unpaired) electrons. The standard InChI is InChI=1S/C8H12BrNO2S2/c1-6(2)10-5-14(11,12)8-4-3-7(9)13-8/h3-4,6,10H,5H2,1-2H3. The fraction of sp³-hybridized carbons (Fsp3) is 0.500. The minimum Gasteiger partial charge on any atom is -0.301 e. The number of thiophene rings is 1. The second kappa shape index (κ2) is 4.74. The van der Waals surface area contributed by atoms with Crippen molar-refractivity contribution in [1.29, 1.82) is 0 Å². The molecule has 0 unspecified atom stereocenters. The van der Waals surface area contributed by atoms with Gasteiger partial charge in [0.2, 0.25) is 9.84 Å². The van der Waals surface area contributed by atoms with Crippen molar-refractivity contribution in [2.75, 3.05) is 5.88 Å². The van der Waals surface area contributed by atoms with Crippen LogP contribution in [-0.2, 0) is 9.84 Å². The average Bonchev–Trinajstić information content (AvgIpc) is 2.49. The van der Waals surface area contributed by atoms with Crippen LogP contribution in [0, 0.1) is 0 Å². The molecule has 1 N–H and O–H groups in total. The summed E-state index contributed by atoms with van der Waals surface area (Å²) in [6.45, 7) is 3.83. The Hall–Kier alpha value is 0.0900. The summed E-state index contributed by atoms with van der Waals surface area (Å²) in [7, 11) is -3.16. The van der Waals surface area contributed by atoms with Gasteiger partial charge in [0.15, 0.2) is 0 Å². The Balaban J connectivity index is 2.76. The molecular weight excluding hydrogens is 286 g/mol. The number of nitrogens with one attached hydrogen (secondary N) is 1. The van der Waals surface area contributed by atoms with Gasteiger partial charge in [-0.3, -0.25) is 0 Å². The first-order valence-electron chi connectivity index (χ1n) is 4.13. The van der Waals surface area contributed by atoms with Gasteiger partial charge in [-0.1, -0.05) is 0 Å². The minimum atomic E-state index is -3.16. The first-order chi connectivity index (χ1) is 6.42. The zero-order valence-electron chi connectivity index (χ0n) is 7.95. The van der Waals surface area contributed by atoms with E-state index in [1.807, 2.05) is 13.8 Å². The number of rotatable bonds is 4. The Morgan fingerprint density at radius 2 is 2.14 bits per heavy atom. The van der Waals surface area contributed by atoms with E-state index < -0.39 is 9.84 Å². The van der Waals surface area contributed by atoms with Crippen LogP contribution in [0.4, 0.5) is 0 Å². The first kappa shape index (κ1) is 12.2. The van der Waals surface area contributed by atoms with Gasteiger partial charge in [0, 0.05) is 6.04 Å². The number of halogens is 1. The van der Waals surface area contributed by atoms with Crippen LogP contribution in [0.1, 0.15) is 13.8 Å². The van der Waals surface area contributed by atoms with Crippen molar-refractivity contribution in [3.8, 4) is 0 Å². The molecule has 1 heterocycles. The molecule has 0 saturated heterocycles. The first-order valence-corrected chi connectivity index (χ1v) is 7.39. The molecule has 0 aliphatic heterocycles. The monoisotopic (exact) mass is 297 g/mol. The van der Waals surface area contributed by atoms with Gasteiger partial charge in [-0.2, -0.15) is 0 Å². The van der Waals surface area contributed by atoms with Crippen LogP contribution in [0.25, 0.3) is 0 Å². The molecule has 0 aromatic carbocycles. The molecule has 0 saturated carbocycles. The van der Waals surface area contributed by atoms with Crippen LogP contribution in [0.2, 0.25) is 0 Å². The van der Waals surface area contributed by atoms with E-state index in [2.05, 4.69) is 21.2 Å². The lowest BCUT2D eigenvalue weighted by molar-refractivity contribution is 0.575. The quantitative estimate of drug-likeness (QED) is 0.927. The molecule has 0 aliphatic carbocycles. The molecule has 0 bridgehead atoms. The lowest BCUT2D eigenvalue weighted by atomic mass is 10.4. The molecule has 80 valence electrons. The highest BCUT2D eigenvalue weighted by Gasteiger charge is 2.16. The third-order valence-corrected chi connectivity index (χ3v) is 5.26. The number of hydrogen-bond donors (Lipinski definition) is 1. The molecule has 1 aromatic heterocycles. The van der Waals surface area contributed by atoms with Gasteiger partial charge in [-0.25, -0.2) is 8.42 Å². The van der Waals surface area contributed by atoms with Crippen LogP contribution < -0.4 is 5.32 Å². The number of sulfone groups is 1. The van der Waals surface area contributed by atoms with E-state index in [0.717, 1.165) is 3.79 Å². The van der Waals surface area contributed by atoms with E-state index in [4.69, 9.17) is 0 Å². The van der Waals surface area contributed by atoms with Crippen LogP contribution >= 0.6 is 27.3 Å². The summed E-state index contributed by atoms with van der Waals surface area (Å²) in [5.74, 6) is -0.00236. The maximum Gasteiger partial charge on any atom is 0.200 e. The van der Waals surface area contributed by atoms with Gasteiger partial charge in [0.1, 0.15) is 10.1 Å². The third kappa shape index (κ3) is 3.34. The van der Waals surface area contributed by atoms with Crippen molar-refractivity contribution in [2.24, 2.45) is 0 Å². The SMILES string of the molecule is CC(C)NCS(=O)(=O)c1ccc(Br)s1. The van der Waals surface area contributed by atoms with Crippen molar-refractivity contribution >= 4 is 37.1 Å². The maximum absolute atomic E-state index is 11.7. The summed E-state index contributed by atoms with van der Waals surface area (Å²) in [6.07, 6.45) is 0. The second-order valence-corrected chi connectivity index (χ2v) is 7.86. The van der Waals surface area contributed by atoms with Crippen LogP contribution in [0.15, 0.2) is 20.1 Å². The zero-order valence-corrected chi connectivity index (χ0v) is 11.2. The highest BCUT2D eigenvalue weighted by Crippen LogP contribution is 2.26. The molecule has 14 heavy (non-hydrogen) atoms. The molecule has 0 amide bonds. The predicted molar refractivity (Wildman–Crippen MR) is 62.3 cm³/mol. The van der Waals surface area contributed by atoms with E-state index in [-0.39, 0.29) is 11.9 Å². The van der Waals surface area contributed by atoms with Crippen molar-refractivity contribution in [2.45, 2.75) is 24.1 Å². The van der Waals surface area contributed by atoms with Crippen LogP contribution in [-0.4, -0.2) is 20.3 Å². The van der Waals surface area contributed by atoms with E-state index in [0.29, 0.717) is 4.21 Å². The van der Waals surface area contributed by atoms with Crippen molar-refractivity contribution in [3.05, 3.63) is 15.9 Å². The fourth-order valence-electron chi connectivity index (χ4n) is 0.812. The normalized spacial score (nSPS) is 12.3. The molecule has 1 aromatic rings. The van der Waals surface area contributed by atoms with Crippen molar-refractivity contribution in [3.63, 3.8) is 0 Å². The lowest BCUT2D eigenvalue weighted by Crippen LogP contribution is -2.28. The molecule has 3 nitrogen and oxygen atoms in total. The van der Waals surface area contributed by atoms with Gasteiger partial charge in [0.25, 0.3) is 0 Å². The molecule has 6 heteroatoms. The van der Waals surface area contributed by atoms with Gasteiger partial charge in [-0.15, -0.1) is 11.3 Å². The van der Waals surface area contributed by atoms with Crippen LogP contribution in [0.5, 0.6) is 0 Å². The average molecular weight is 298 g/mol. The third-order valence-electron chi connectivity index (χ3n) is 1.54. The second-order valence-electron chi connectivity index (χ2n) is 3.18. The number of hydrogen-bond acceptors (Lipinski definition) is 4. The Kier molecular flexibility index (Phi) is 4.12. The van der Waals surface area contributed by atoms with E-state index in [1.54, 1.807) is 12.1 Å². The summed E-state index contributed by atoms with van der Waals surface area (Å²) < 4.78 is 24.6. The van der Waals surface area contributed by atoms with Crippen LogP contribution in [0.3, 0.4) is 0 Å². The highest BCUT2D eigenvalue weighted by molar-refractivity contribution is 9.11. The van der Waals surface area contributed by atoms with Crippen molar-refractivity contribution < 1.29 is 8.42 Å². The predicted octanol–water partition coefficient (Wildman–Crippen LogP) is 2.24. The molecule has 0 spiro atoms. The maximum atomic E-state index is 11.7. The zero-order chi connectivity index (χ0) is 10.8. The summed E-state index contributed by atoms with van der Waals surface area (Å²) in [4.78, 5) is 0. The molecule has 1 rings (SSSR count). The summed E-state index contributed by atoms with van der Waals surface area (Å²) in [5, 5.41) is 2.90. The van der Waals surface area contributed by atoms with Gasteiger partial charge in [-0.05, 0) is 41.9 Å². The Morgan fingerprint density at radius 1 is 1.50 bits per heavy atom.